The molecular formula is C18H26F2N2O2S. The van der Waals surface area contributed by atoms with E-state index in [-0.39, 0.29) is 4.90 Å². The molecule has 0 atom stereocenters. The van der Waals surface area contributed by atoms with Gasteiger partial charge < -0.3 is 4.90 Å². The molecule has 0 unspecified atom stereocenters. The van der Waals surface area contributed by atoms with Crippen LogP contribution >= 0.6 is 0 Å². The number of benzene rings is 1. The number of sulfone groups is 1. The SMILES string of the molecule is CC1CCC(N2CCN(c3ccccc3S(=O)(=O)C(F)F)CC2)CC1. The molecule has 0 radical (unpaired) electrons. The molecule has 25 heavy (non-hydrogen) atoms. The number of piperazine rings is 1. The molecule has 2 aliphatic rings. The van der Waals surface area contributed by atoms with Crippen molar-refractivity contribution in [3.8, 4) is 0 Å². The molecular weight excluding hydrogens is 346 g/mol. The minimum atomic E-state index is -4.59. The van der Waals surface area contributed by atoms with Crippen LogP contribution in [0.5, 0.6) is 0 Å². The molecule has 0 spiro atoms. The smallest absolute Gasteiger partial charge is 0.341 e. The Bertz CT molecular complexity index is 680. The van der Waals surface area contributed by atoms with Crippen molar-refractivity contribution in [3.05, 3.63) is 24.3 Å². The molecule has 2 fully saturated rings. The minimum Gasteiger partial charge on any atom is -0.368 e. The first-order valence-corrected chi connectivity index (χ1v) is 10.5. The Hall–Kier alpha value is -1.21. The van der Waals surface area contributed by atoms with Crippen molar-refractivity contribution in [2.45, 2.75) is 49.3 Å². The Kier molecular flexibility index (Phi) is 5.63. The molecule has 1 saturated carbocycles. The van der Waals surface area contributed by atoms with Crippen LogP contribution in [0.2, 0.25) is 0 Å². The van der Waals surface area contributed by atoms with Crippen molar-refractivity contribution in [2.24, 2.45) is 5.92 Å². The third-order valence-corrected chi connectivity index (χ3v) is 6.99. The monoisotopic (exact) mass is 372 g/mol. The third-order valence-electron chi connectivity index (χ3n) is 5.56. The standard InChI is InChI=1S/C18H26F2N2O2S/c1-14-6-8-15(9-7-14)21-10-12-22(13-11-21)16-4-2-3-5-17(16)25(23,24)18(19)20/h2-5,14-15,18H,6-13H2,1H3. The number of nitrogens with zero attached hydrogens (tertiary/aromatic N) is 2. The Morgan fingerprint density at radius 2 is 1.60 bits per heavy atom. The van der Waals surface area contributed by atoms with Gasteiger partial charge in [-0.05, 0) is 43.7 Å². The maximum atomic E-state index is 13.0. The Labute approximate surface area is 148 Å². The van der Waals surface area contributed by atoms with Gasteiger partial charge in [-0.25, -0.2) is 8.42 Å². The second-order valence-corrected chi connectivity index (χ2v) is 9.10. The lowest BCUT2D eigenvalue weighted by atomic mass is 9.86. The first kappa shape index (κ1) is 18.6. The van der Waals surface area contributed by atoms with Crippen molar-refractivity contribution in [1.82, 2.24) is 4.90 Å². The van der Waals surface area contributed by atoms with E-state index in [1.807, 2.05) is 4.90 Å². The number of alkyl halides is 2. The molecule has 1 aromatic carbocycles. The summed E-state index contributed by atoms with van der Waals surface area (Å²) in [6.07, 6.45) is 4.97. The number of rotatable bonds is 4. The Morgan fingerprint density at radius 3 is 2.20 bits per heavy atom. The van der Waals surface area contributed by atoms with E-state index in [0.717, 1.165) is 19.0 Å². The largest absolute Gasteiger partial charge is 0.368 e. The quantitative estimate of drug-likeness (QED) is 0.812. The van der Waals surface area contributed by atoms with Gasteiger partial charge in [-0.1, -0.05) is 19.1 Å². The molecule has 7 heteroatoms. The second kappa shape index (κ2) is 7.58. The number of hydrogen-bond donors (Lipinski definition) is 0. The van der Waals surface area contributed by atoms with Gasteiger partial charge in [-0.15, -0.1) is 0 Å². The summed E-state index contributed by atoms with van der Waals surface area (Å²) < 4.78 is 49.8. The van der Waals surface area contributed by atoms with Crippen LogP contribution in [-0.2, 0) is 9.84 Å². The lowest BCUT2D eigenvalue weighted by molar-refractivity contribution is 0.132. The zero-order valence-electron chi connectivity index (χ0n) is 14.6. The number of hydrogen-bond acceptors (Lipinski definition) is 4. The second-order valence-electron chi connectivity index (χ2n) is 7.21. The van der Waals surface area contributed by atoms with Gasteiger partial charge in [0.15, 0.2) is 0 Å². The van der Waals surface area contributed by atoms with Gasteiger partial charge in [0.05, 0.1) is 10.6 Å². The molecule has 3 rings (SSSR count). The van der Waals surface area contributed by atoms with Crippen molar-refractivity contribution < 1.29 is 17.2 Å². The normalized spacial score (nSPS) is 26.2. The number of anilines is 1. The fourth-order valence-electron chi connectivity index (χ4n) is 3.99. The van der Waals surface area contributed by atoms with Crippen LogP contribution in [0.25, 0.3) is 0 Å². The van der Waals surface area contributed by atoms with Crippen molar-refractivity contribution >= 4 is 15.5 Å². The van der Waals surface area contributed by atoms with Gasteiger partial charge in [0, 0.05) is 32.2 Å². The van der Waals surface area contributed by atoms with Gasteiger partial charge in [-0.2, -0.15) is 8.78 Å². The van der Waals surface area contributed by atoms with Crippen LogP contribution < -0.4 is 4.90 Å². The molecule has 0 aromatic heterocycles. The first-order chi connectivity index (χ1) is 11.9. The molecule has 1 aliphatic carbocycles. The average Bonchev–Trinajstić information content (AvgIpc) is 2.62. The molecule has 4 nitrogen and oxygen atoms in total. The van der Waals surface area contributed by atoms with Crippen molar-refractivity contribution in [1.29, 1.82) is 0 Å². The minimum absolute atomic E-state index is 0.259. The Morgan fingerprint density at radius 1 is 1.00 bits per heavy atom. The summed E-state index contributed by atoms with van der Waals surface area (Å²) in [7, 11) is -4.59. The maximum absolute atomic E-state index is 13.0. The summed E-state index contributed by atoms with van der Waals surface area (Å²) in [4.78, 5) is 4.15. The van der Waals surface area contributed by atoms with E-state index >= 15 is 0 Å². The molecule has 0 N–H and O–H groups in total. The van der Waals surface area contributed by atoms with E-state index in [9.17, 15) is 17.2 Å². The molecule has 0 bridgehead atoms. The summed E-state index contributed by atoms with van der Waals surface area (Å²) >= 11 is 0. The van der Waals surface area contributed by atoms with E-state index in [0.29, 0.717) is 24.8 Å². The summed E-state index contributed by atoms with van der Waals surface area (Å²) in [6, 6.07) is 6.73. The molecule has 140 valence electrons. The van der Waals surface area contributed by atoms with Crippen LogP contribution in [-0.4, -0.2) is 51.3 Å². The van der Waals surface area contributed by atoms with Crippen LogP contribution in [0, 0.1) is 5.92 Å². The van der Waals surface area contributed by atoms with E-state index in [2.05, 4.69) is 11.8 Å². The lowest BCUT2D eigenvalue weighted by Gasteiger charge is -2.42. The summed E-state index contributed by atoms with van der Waals surface area (Å²) in [5.41, 5.74) is 0.403. The summed E-state index contributed by atoms with van der Waals surface area (Å²) in [5, 5.41) is 0. The highest BCUT2D eigenvalue weighted by atomic mass is 32.2. The lowest BCUT2D eigenvalue weighted by Crippen LogP contribution is -2.51. The zero-order valence-corrected chi connectivity index (χ0v) is 15.4. The zero-order chi connectivity index (χ0) is 18.0. The molecule has 1 heterocycles. The maximum Gasteiger partial charge on any atom is 0.341 e. The van der Waals surface area contributed by atoms with E-state index < -0.39 is 15.6 Å². The van der Waals surface area contributed by atoms with Crippen LogP contribution in [0.4, 0.5) is 14.5 Å². The highest BCUT2D eigenvalue weighted by molar-refractivity contribution is 7.91. The molecule has 1 aromatic rings. The van der Waals surface area contributed by atoms with Gasteiger partial charge >= 0.3 is 5.76 Å². The average molecular weight is 372 g/mol. The van der Waals surface area contributed by atoms with Crippen molar-refractivity contribution in [2.75, 3.05) is 31.1 Å². The highest BCUT2D eigenvalue weighted by Gasteiger charge is 2.32. The van der Waals surface area contributed by atoms with Crippen LogP contribution in [0.15, 0.2) is 29.2 Å². The predicted octanol–water partition coefficient (Wildman–Crippen LogP) is 3.38. The number of halogens is 2. The fourth-order valence-corrected chi connectivity index (χ4v) is 4.94. The van der Waals surface area contributed by atoms with E-state index in [4.69, 9.17) is 0 Å². The van der Waals surface area contributed by atoms with Crippen LogP contribution in [0.3, 0.4) is 0 Å². The van der Waals surface area contributed by atoms with Gasteiger partial charge in [0.2, 0.25) is 9.84 Å². The number of para-hydroxylation sites is 1. The van der Waals surface area contributed by atoms with Gasteiger partial charge in [-0.3, -0.25) is 4.90 Å². The van der Waals surface area contributed by atoms with Crippen molar-refractivity contribution in [3.63, 3.8) is 0 Å². The van der Waals surface area contributed by atoms with Gasteiger partial charge in [0.25, 0.3) is 0 Å². The highest BCUT2D eigenvalue weighted by Crippen LogP contribution is 2.31. The molecule has 1 aliphatic heterocycles. The van der Waals surface area contributed by atoms with Gasteiger partial charge in [0.1, 0.15) is 0 Å². The fraction of sp³-hybridized carbons (Fsp3) is 0.667. The topological polar surface area (TPSA) is 40.6 Å². The molecule has 0 amide bonds. The predicted molar refractivity (Wildman–Crippen MR) is 94.8 cm³/mol. The summed E-state index contributed by atoms with van der Waals surface area (Å²) in [5.74, 6) is -2.58. The Balaban J connectivity index is 1.70. The third kappa shape index (κ3) is 3.97. The van der Waals surface area contributed by atoms with E-state index in [1.54, 1.807) is 12.1 Å². The summed E-state index contributed by atoms with van der Waals surface area (Å²) in [6.45, 7) is 5.34. The van der Waals surface area contributed by atoms with Crippen LogP contribution in [0.1, 0.15) is 32.6 Å². The molecule has 1 saturated heterocycles. The van der Waals surface area contributed by atoms with E-state index in [1.165, 1.54) is 37.8 Å². The first-order valence-electron chi connectivity index (χ1n) is 8.99.